The van der Waals surface area contributed by atoms with E-state index in [1.54, 1.807) is 12.1 Å². The molecule has 0 aromatic heterocycles. The molecular weight excluding hydrogens is 219 g/mol. The SMILES string of the molecule is CC(C)[C@H](CCO)Nc1cccc(F)c1C#N. The molecule has 0 saturated heterocycles. The van der Waals surface area contributed by atoms with E-state index >= 15 is 0 Å². The Morgan fingerprint density at radius 3 is 2.71 bits per heavy atom. The van der Waals surface area contributed by atoms with Gasteiger partial charge in [-0.05, 0) is 24.5 Å². The smallest absolute Gasteiger partial charge is 0.143 e. The van der Waals surface area contributed by atoms with Gasteiger partial charge in [0.25, 0.3) is 0 Å². The van der Waals surface area contributed by atoms with Crippen LogP contribution in [-0.2, 0) is 0 Å². The number of nitriles is 1. The van der Waals surface area contributed by atoms with Gasteiger partial charge in [0.1, 0.15) is 17.4 Å². The number of aliphatic hydroxyl groups is 1. The maximum Gasteiger partial charge on any atom is 0.143 e. The third-order valence-corrected chi connectivity index (χ3v) is 2.71. The van der Waals surface area contributed by atoms with E-state index in [2.05, 4.69) is 5.32 Å². The summed E-state index contributed by atoms with van der Waals surface area (Å²) in [6.07, 6.45) is 0.569. The van der Waals surface area contributed by atoms with Crippen LogP contribution in [0.15, 0.2) is 18.2 Å². The Labute approximate surface area is 101 Å². The second-order valence-corrected chi connectivity index (χ2v) is 4.28. The van der Waals surface area contributed by atoms with E-state index in [4.69, 9.17) is 10.4 Å². The van der Waals surface area contributed by atoms with Gasteiger partial charge in [-0.25, -0.2) is 4.39 Å². The summed E-state index contributed by atoms with van der Waals surface area (Å²) in [5.74, 6) is -0.235. The predicted molar refractivity (Wildman–Crippen MR) is 65.1 cm³/mol. The quantitative estimate of drug-likeness (QED) is 0.826. The Balaban J connectivity index is 2.94. The highest BCUT2D eigenvalue weighted by atomic mass is 19.1. The minimum absolute atomic E-state index is 0.0221. The summed E-state index contributed by atoms with van der Waals surface area (Å²) in [6.45, 7) is 4.09. The molecule has 3 nitrogen and oxygen atoms in total. The summed E-state index contributed by atoms with van der Waals surface area (Å²) in [7, 11) is 0. The average molecular weight is 236 g/mol. The van der Waals surface area contributed by atoms with E-state index in [-0.39, 0.29) is 24.1 Å². The van der Waals surface area contributed by atoms with Crippen molar-refractivity contribution >= 4 is 5.69 Å². The Morgan fingerprint density at radius 1 is 1.47 bits per heavy atom. The number of nitrogens with zero attached hydrogens (tertiary/aromatic N) is 1. The van der Waals surface area contributed by atoms with Crippen molar-refractivity contribution in [3.63, 3.8) is 0 Å². The van der Waals surface area contributed by atoms with Gasteiger partial charge in [-0.1, -0.05) is 19.9 Å². The zero-order valence-corrected chi connectivity index (χ0v) is 10.1. The first-order chi connectivity index (χ1) is 8.10. The van der Waals surface area contributed by atoms with Crippen molar-refractivity contribution in [3.8, 4) is 6.07 Å². The standard InChI is InChI=1S/C13H17FN2O/c1-9(2)12(6-7-17)16-13-5-3-4-11(14)10(13)8-15/h3-5,9,12,16-17H,6-7H2,1-2H3/t12-/m0/s1. The summed E-state index contributed by atoms with van der Waals surface area (Å²) >= 11 is 0. The molecule has 0 bridgehead atoms. The molecule has 0 unspecified atom stereocenters. The van der Waals surface area contributed by atoms with Crippen LogP contribution >= 0.6 is 0 Å². The Hall–Kier alpha value is -1.60. The van der Waals surface area contributed by atoms with E-state index in [1.807, 2.05) is 19.9 Å². The molecule has 17 heavy (non-hydrogen) atoms. The molecule has 92 valence electrons. The largest absolute Gasteiger partial charge is 0.396 e. The van der Waals surface area contributed by atoms with Gasteiger partial charge in [-0.15, -0.1) is 0 Å². The van der Waals surface area contributed by atoms with Crippen molar-refractivity contribution < 1.29 is 9.50 Å². The second-order valence-electron chi connectivity index (χ2n) is 4.28. The fraction of sp³-hybridized carbons (Fsp3) is 0.462. The van der Waals surface area contributed by atoms with Gasteiger partial charge in [0.15, 0.2) is 0 Å². The van der Waals surface area contributed by atoms with E-state index in [1.165, 1.54) is 6.07 Å². The number of halogens is 1. The van der Waals surface area contributed by atoms with Crippen LogP contribution in [0.4, 0.5) is 10.1 Å². The number of anilines is 1. The highest BCUT2D eigenvalue weighted by molar-refractivity contribution is 5.58. The first kappa shape index (κ1) is 13.5. The lowest BCUT2D eigenvalue weighted by Gasteiger charge is -2.23. The summed E-state index contributed by atoms with van der Waals surface area (Å²) in [6, 6.07) is 6.38. The molecule has 0 aliphatic heterocycles. The zero-order chi connectivity index (χ0) is 12.8. The Bertz CT molecular complexity index is 412. The third-order valence-electron chi connectivity index (χ3n) is 2.71. The Morgan fingerprint density at radius 2 is 2.18 bits per heavy atom. The van der Waals surface area contributed by atoms with Crippen molar-refractivity contribution in [3.05, 3.63) is 29.6 Å². The first-order valence-electron chi connectivity index (χ1n) is 5.66. The normalized spacial score (nSPS) is 12.2. The molecule has 0 fully saturated rings. The third kappa shape index (κ3) is 3.43. The first-order valence-corrected chi connectivity index (χ1v) is 5.66. The highest BCUT2D eigenvalue weighted by Gasteiger charge is 2.15. The highest BCUT2D eigenvalue weighted by Crippen LogP contribution is 2.21. The number of hydrogen-bond acceptors (Lipinski definition) is 3. The molecule has 0 aliphatic rings. The van der Waals surface area contributed by atoms with Gasteiger partial charge >= 0.3 is 0 Å². The monoisotopic (exact) mass is 236 g/mol. The van der Waals surface area contributed by atoms with Crippen LogP contribution in [0.5, 0.6) is 0 Å². The number of nitrogens with one attached hydrogen (secondary N) is 1. The van der Waals surface area contributed by atoms with Gasteiger partial charge in [0.05, 0.1) is 5.69 Å². The van der Waals surface area contributed by atoms with Crippen LogP contribution < -0.4 is 5.32 Å². The summed E-state index contributed by atoms with van der Waals surface area (Å²) in [5, 5.41) is 21.0. The minimum Gasteiger partial charge on any atom is -0.396 e. The van der Waals surface area contributed by atoms with Gasteiger partial charge in [-0.2, -0.15) is 5.26 Å². The topological polar surface area (TPSA) is 56.0 Å². The molecule has 0 amide bonds. The van der Waals surface area contributed by atoms with Crippen LogP contribution in [-0.4, -0.2) is 17.8 Å². The average Bonchev–Trinajstić information content (AvgIpc) is 2.28. The number of hydrogen-bond donors (Lipinski definition) is 2. The van der Waals surface area contributed by atoms with Crippen molar-refractivity contribution in [2.45, 2.75) is 26.3 Å². The number of aliphatic hydroxyl groups excluding tert-OH is 1. The molecular formula is C13H17FN2O. The van der Waals surface area contributed by atoms with Gasteiger partial charge in [-0.3, -0.25) is 0 Å². The van der Waals surface area contributed by atoms with Crippen LogP contribution in [0.1, 0.15) is 25.8 Å². The van der Waals surface area contributed by atoms with Crippen molar-refractivity contribution in [1.82, 2.24) is 0 Å². The summed E-state index contributed by atoms with van der Waals surface area (Å²) in [5.41, 5.74) is 0.510. The second kappa shape index (κ2) is 6.21. The molecule has 4 heteroatoms. The van der Waals surface area contributed by atoms with Crippen LogP contribution in [0.25, 0.3) is 0 Å². The van der Waals surface area contributed by atoms with Crippen molar-refractivity contribution in [2.24, 2.45) is 5.92 Å². The molecule has 0 aliphatic carbocycles. The summed E-state index contributed by atoms with van der Waals surface area (Å²) < 4.78 is 13.4. The lowest BCUT2D eigenvalue weighted by molar-refractivity contribution is 0.267. The van der Waals surface area contributed by atoms with Crippen LogP contribution in [0, 0.1) is 23.1 Å². The fourth-order valence-corrected chi connectivity index (χ4v) is 1.67. The lowest BCUT2D eigenvalue weighted by atomic mass is 10.0. The zero-order valence-electron chi connectivity index (χ0n) is 10.1. The van der Waals surface area contributed by atoms with E-state index in [0.29, 0.717) is 12.1 Å². The van der Waals surface area contributed by atoms with E-state index in [9.17, 15) is 4.39 Å². The van der Waals surface area contributed by atoms with Gasteiger partial charge < -0.3 is 10.4 Å². The molecule has 1 atom stereocenters. The van der Waals surface area contributed by atoms with Crippen molar-refractivity contribution in [2.75, 3.05) is 11.9 Å². The van der Waals surface area contributed by atoms with Gasteiger partial charge in [0.2, 0.25) is 0 Å². The van der Waals surface area contributed by atoms with E-state index < -0.39 is 5.82 Å². The molecule has 0 spiro atoms. The maximum absolute atomic E-state index is 13.4. The minimum atomic E-state index is -0.524. The lowest BCUT2D eigenvalue weighted by Crippen LogP contribution is -2.27. The van der Waals surface area contributed by atoms with Crippen LogP contribution in [0.3, 0.4) is 0 Å². The van der Waals surface area contributed by atoms with Crippen molar-refractivity contribution in [1.29, 1.82) is 5.26 Å². The van der Waals surface area contributed by atoms with Gasteiger partial charge in [0, 0.05) is 12.6 Å². The summed E-state index contributed by atoms with van der Waals surface area (Å²) in [4.78, 5) is 0. The van der Waals surface area contributed by atoms with E-state index in [0.717, 1.165) is 0 Å². The maximum atomic E-state index is 13.4. The molecule has 1 aromatic rings. The Kier molecular flexibility index (Phi) is 4.92. The molecule has 2 N–H and O–H groups in total. The fourth-order valence-electron chi connectivity index (χ4n) is 1.67. The number of benzene rings is 1. The molecule has 1 aromatic carbocycles. The molecule has 1 rings (SSSR count). The molecule has 0 saturated carbocycles. The molecule has 0 heterocycles. The predicted octanol–water partition coefficient (Wildman–Crippen LogP) is 2.52. The molecule has 0 radical (unpaired) electrons. The van der Waals surface area contributed by atoms with Crippen LogP contribution in [0.2, 0.25) is 0 Å². The number of rotatable bonds is 5.